The molecule has 174 valence electrons. The Hall–Kier alpha value is -3.66. The summed E-state index contributed by atoms with van der Waals surface area (Å²) in [5.41, 5.74) is 5.37. The van der Waals surface area contributed by atoms with Crippen molar-refractivity contribution in [2.45, 2.75) is 46.1 Å². The van der Waals surface area contributed by atoms with Crippen LogP contribution in [0.1, 0.15) is 61.3 Å². The Morgan fingerprint density at radius 3 is 2.06 bits per heavy atom. The molecule has 0 aliphatic carbocycles. The summed E-state index contributed by atoms with van der Waals surface area (Å²) in [6.45, 7) is 6.51. The van der Waals surface area contributed by atoms with Crippen LogP contribution >= 0.6 is 0 Å². The topological polar surface area (TPSA) is 46.9 Å². The standard InChI is InChI=1S/C30H33N3O/c1-4-14-27-28(30(34)31-26(21-22(2)3)23-15-8-5-9-16-23)29(24-17-10-6-11-18-24)32-33(27)25-19-12-7-13-20-25/h5-13,15-20,22,26H,4,14,21H2,1-3H3,(H,31,34). The van der Waals surface area contributed by atoms with E-state index in [0.29, 0.717) is 11.5 Å². The van der Waals surface area contributed by atoms with Crippen LogP contribution in [0.15, 0.2) is 91.0 Å². The molecule has 1 heterocycles. The maximum absolute atomic E-state index is 14.0. The zero-order chi connectivity index (χ0) is 23.9. The van der Waals surface area contributed by atoms with Gasteiger partial charge in [0.25, 0.3) is 5.91 Å². The first-order valence-corrected chi connectivity index (χ1v) is 12.2. The zero-order valence-electron chi connectivity index (χ0n) is 20.2. The third-order valence-corrected chi connectivity index (χ3v) is 5.96. The predicted octanol–water partition coefficient (Wildman–Crippen LogP) is 7.01. The van der Waals surface area contributed by atoms with Crippen molar-refractivity contribution < 1.29 is 4.79 Å². The fraction of sp³-hybridized carbons (Fsp3) is 0.267. The Morgan fingerprint density at radius 1 is 0.882 bits per heavy atom. The SMILES string of the molecule is CCCc1c(C(=O)NC(CC(C)C)c2ccccc2)c(-c2ccccc2)nn1-c1ccccc1. The second-order valence-corrected chi connectivity index (χ2v) is 9.10. The van der Waals surface area contributed by atoms with Crippen LogP contribution in [-0.2, 0) is 6.42 Å². The first kappa shape index (κ1) is 23.5. The second kappa shape index (κ2) is 11.0. The van der Waals surface area contributed by atoms with Crippen molar-refractivity contribution >= 4 is 5.91 Å². The Balaban J connectivity index is 1.83. The Morgan fingerprint density at radius 2 is 1.47 bits per heavy atom. The number of nitrogens with zero attached hydrogens (tertiary/aromatic N) is 2. The van der Waals surface area contributed by atoms with Gasteiger partial charge in [0.1, 0.15) is 5.69 Å². The van der Waals surface area contributed by atoms with Gasteiger partial charge in [-0.15, -0.1) is 0 Å². The number of amides is 1. The monoisotopic (exact) mass is 451 g/mol. The summed E-state index contributed by atoms with van der Waals surface area (Å²) in [5.74, 6) is 0.375. The molecule has 0 spiro atoms. The zero-order valence-corrected chi connectivity index (χ0v) is 20.2. The maximum atomic E-state index is 14.0. The highest BCUT2D eigenvalue weighted by Crippen LogP contribution is 2.30. The molecule has 4 aromatic rings. The van der Waals surface area contributed by atoms with E-state index in [4.69, 9.17) is 5.10 Å². The largest absolute Gasteiger partial charge is 0.345 e. The lowest BCUT2D eigenvalue weighted by atomic mass is 9.96. The van der Waals surface area contributed by atoms with Gasteiger partial charge in [0.2, 0.25) is 0 Å². The number of hydrogen-bond acceptors (Lipinski definition) is 2. The summed E-state index contributed by atoms with van der Waals surface area (Å²) >= 11 is 0. The van der Waals surface area contributed by atoms with Crippen molar-refractivity contribution in [1.82, 2.24) is 15.1 Å². The van der Waals surface area contributed by atoms with Gasteiger partial charge in [0, 0.05) is 5.56 Å². The minimum Gasteiger partial charge on any atom is -0.345 e. The smallest absolute Gasteiger partial charge is 0.255 e. The second-order valence-electron chi connectivity index (χ2n) is 9.10. The lowest BCUT2D eigenvalue weighted by Crippen LogP contribution is -2.30. The molecule has 0 saturated carbocycles. The van der Waals surface area contributed by atoms with E-state index in [-0.39, 0.29) is 11.9 Å². The summed E-state index contributed by atoms with van der Waals surface area (Å²) in [6.07, 6.45) is 2.55. The van der Waals surface area contributed by atoms with Crippen molar-refractivity contribution in [2.75, 3.05) is 0 Å². The number of rotatable bonds is 9. The molecule has 34 heavy (non-hydrogen) atoms. The van der Waals surface area contributed by atoms with Crippen LogP contribution in [-0.4, -0.2) is 15.7 Å². The number of nitrogens with one attached hydrogen (secondary N) is 1. The fourth-order valence-electron chi connectivity index (χ4n) is 4.41. The number of carbonyl (C=O) groups is 1. The molecule has 0 fully saturated rings. The van der Waals surface area contributed by atoms with E-state index in [1.54, 1.807) is 0 Å². The predicted molar refractivity (Wildman–Crippen MR) is 139 cm³/mol. The van der Waals surface area contributed by atoms with Gasteiger partial charge in [-0.25, -0.2) is 4.68 Å². The van der Waals surface area contributed by atoms with Gasteiger partial charge in [0.15, 0.2) is 0 Å². The maximum Gasteiger partial charge on any atom is 0.255 e. The van der Waals surface area contributed by atoms with Crippen molar-refractivity contribution in [2.24, 2.45) is 5.92 Å². The molecular weight excluding hydrogens is 418 g/mol. The van der Waals surface area contributed by atoms with E-state index in [0.717, 1.165) is 47.5 Å². The van der Waals surface area contributed by atoms with Crippen molar-refractivity contribution in [3.05, 3.63) is 108 Å². The van der Waals surface area contributed by atoms with Gasteiger partial charge in [-0.2, -0.15) is 5.10 Å². The van der Waals surface area contributed by atoms with Crippen molar-refractivity contribution in [3.8, 4) is 16.9 Å². The van der Waals surface area contributed by atoms with Crippen molar-refractivity contribution in [1.29, 1.82) is 0 Å². The number of benzene rings is 3. The van der Waals surface area contributed by atoms with Gasteiger partial charge in [0.05, 0.1) is 23.0 Å². The molecule has 4 heteroatoms. The normalized spacial score (nSPS) is 12.0. The van der Waals surface area contributed by atoms with E-state index in [9.17, 15) is 4.79 Å². The van der Waals surface area contributed by atoms with E-state index in [2.05, 4.69) is 38.2 Å². The number of hydrogen-bond donors (Lipinski definition) is 1. The molecule has 3 aromatic carbocycles. The van der Waals surface area contributed by atoms with Crippen LogP contribution in [0, 0.1) is 5.92 Å². The lowest BCUT2D eigenvalue weighted by molar-refractivity contribution is 0.0931. The highest BCUT2D eigenvalue weighted by Gasteiger charge is 2.27. The van der Waals surface area contributed by atoms with Gasteiger partial charge in [-0.1, -0.05) is 106 Å². The molecule has 4 rings (SSSR count). The minimum atomic E-state index is -0.0704. The molecule has 1 atom stereocenters. The number of carbonyl (C=O) groups excluding carboxylic acids is 1. The van der Waals surface area contributed by atoms with Gasteiger partial charge in [-0.05, 0) is 36.5 Å². The molecule has 1 unspecified atom stereocenters. The molecule has 0 saturated heterocycles. The van der Waals surface area contributed by atoms with Crippen LogP contribution < -0.4 is 5.32 Å². The average molecular weight is 452 g/mol. The third-order valence-electron chi connectivity index (χ3n) is 5.96. The summed E-state index contributed by atoms with van der Waals surface area (Å²) in [6, 6.07) is 30.3. The highest BCUT2D eigenvalue weighted by molar-refractivity contribution is 6.01. The molecular formula is C30H33N3O. The van der Waals surface area contributed by atoms with Crippen molar-refractivity contribution in [3.63, 3.8) is 0 Å². The minimum absolute atomic E-state index is 0.0631. The summed E-state index contributed by atoms with van der Waals surface area (Å²) in [4.78, 5) is 14.0. The fourth-order valence-corrected chi connectivity index (χ4v) is 4.41. The van der Waals surface area contributed by atoms with Crippen LogP contribution in [0.25, 0.3) is 16.9 Å². The van der Waals surface area contributed by atoms with Gasteiger partial charge >= 0.3 is 0 Å². The Labute approximate surface area is 202 Å². The molecule has 1 aromatic heterocycles. The van der Waals surface area contributed by atoms with Crippen LogP contribution in [0.3, 0.4) is 0 Å². The van der Waals surface area contributed by atoms with Crippen LogP contribution in [0.4, 0.5) is 0 Å². The van der Waals surface area contributed by atoms with Crippen LogP contribution in [0.2, 0.25) is 0 Å². The summed E-state index contributed by atoms with van der Waals surface area (Å²) in [7, 11) is 0. The first-order chi connectivity index (χ1) is 16.6. The Bertz CT molecular complexity index is 1200. The first-order valence-electron chi connectivity index (χ1n) is 12.2. The Kier molecular flexibility index (Phi) is 7.58. The summed E-state index contributed by atoms with van der Waals surface area (Å²) < 4.78 is 1.95. The molecule has 0 radical (unpaired) electrons. The molecule has 0 aliphatic heterocycles. The van der Waals surface area contributed by atoms with Crippen LogP contribution in [0.5, 0.6) is 0 Å². The van der Waals surface area contributed by atoms with E-state index < -0.39 is 0 Å². The van der Waals surface area contributed by atoms with Gasteiger partial charge < -0.3 is 5.32 Å². The molecule has 4 nitrogen and oxygen atoms in total. The van der Waals surface area contributed by atoms with E-state index in [1.165, 1.54) is 0 Å². The average Bonchev–Trinajstić information content (AvgIpc) is 3.24. The number of aromatic nitrogens is 2. The van der Waals surface area contributed by atoms with E-state index >= 15 is 0 Å². The van der Waals surface area contributed by atoms with E-state index in [1.807, 2.05) is 83.5 Å². The highest BCUT2D eigenvalue weighted by atomic mass is 16.1. The lowest BCUT2D eigenvalue weighted by Gasteiger charge is -2.22. The number of para-hydroxylation sites is 1. The third kappa shape index (κ3) is 5.28. The molecule has 1 amide bonds. The molecule has 0 aliphatic rings. The van der Waals surface area contributed by atoms with Gasteiger partial charge in [-0.3, -0.25) is 4.79 Å². The molecule has 0 bridgehead atoms. The quantitative estimate of drug-likeness (QED) is 0.297. The summed E-state index contributed by atoms with van der Waals surface area (Å²) in [5, 5.41) is 8.35. The molecule has 1 N–H and O–H groups in total.